The predicted octanol–water partition coefficient (Wildman–Crippen LogP) is 4.07. The zero-order chi connectivity index (χ0) is 11.9. The lowest BCUT2D eigenvalue weighted by Crippen LogP contribution is -1.90. The van der Waals surface area contributed by atoms with E-state index < -0.39 is 0 Å². The molecule has 84 valence electrons. The summed E-state index contributed by atoms with van der Waals surface area (Å²) in [6.07, 6.45) is 0. The van der Waals surface area contributed by atoms with Gasteiger partial charge in [-0.3, -0.25) is 4.79 Å². The van der Waals surface area contributed by atoms with Crippen LogP contribution >= 0.6 is 0 Å². The van der Waals surface area contributed by atoms with Gasteiger partial charge in [-0.1, -0.05) is 32.0 Å². The molecule has 0 bridgehead atoms. The van der Waals surface area contributed by atoms with Crippen molar-refractivity contribution in [3.63, 3.8) is 0 Å². The molecular formula is C14H16O2. The number of aryl methyl sites for hydroxylation is 1. The molecule has 0 atom stereocenters. The highest BCUT2D eigenvalue weighted by molar-refractivity contribution is 5.99. The molecular weight excluding hydrogens is 200 g/mol. The third-order valence-electron chi connectivity index (χ3n) is 2.94. The van der Waals surface area contributed by atoms with Gasteiger partial charge in [-0.05, 0) is 18.4 Å². The third kappa shape index (κ3) is 1.54. The Morgan fingerprint density at radius 3 is 2.56 bits per heavy atom. The van der Waals surface area contributed by atoms with Crippen LogP contribution < -0.4 is 0 Å². The van der Waals surface area contributed by atoms with Crippen LogP contribution in [-0.2, 0) is 0 Å². The summed E-state index contributed by atoms with van der Waals surface area (Å²) in [4.78, 5) is 11.4. The first-order valence-corrected chi connectivity index (χ1v) is 5.55. The summed E-state index contributed by atoms with van der Waals surface area (Å²) >= 11 is 0. The number of rotatable bonds is 2. The second-order valence-electron chi connectivity index (χ2n) is 4.49. The van der Waals surface area contributed by atoms with Gasteiger partial charge in [0.2, 0.25) is 0 Å². The summed E-state index contributed by atoms with van der Waals surface area (Å²) in [5, 5.41) is 1.05. The lowest BCUT2D eigenvalue weighted by molar-refractivity contribution is 0.0988. The molecule has 1 heterocycles. The summed E-state index contributed by atoms with van der Waals surface area (Å²) in [7, 11) is 0. The lowest BCUT2D eigenvalue weighted by atomic mass is 10.00. The van der Waals surface area contributed by atoms with Gasteiger partial charge in [-0.2, -0.15) is 0 Å². The van der Waals surface area contributed by atoms with E-state index in [2.05, 4.69) is 19.9 Å². The summed E-state index contributed by atoms with van der Waals surface area (Å²) in [6, 6.07) is 6.08. The van der Waals surface area contributed by atoms with E-state index in [4.69, 9.17) is 4.42 Å². The fourth-order valence-electron chi connectivity index (χ4n) is 2.06. The predicted molar refractivity (Wildman–Crippen MR) is 65.0 cm³/mol. The van der Waals surface area contributed by atoms with Gasteiger partial charge in [0, 0.05) is 17.9 Å². The van der Waals surface area contributed by atoms with Gasteiger partial charge in [0.1, 0.15) is 5.58 Å². The smallest absolute Gasteiger partial charge is 0.195 e. The number of para-hydroxylation sites is 1. The second kappa shape index (κ2) is 3.78. The fraction of sp³-hybridized carbons (Fsp3) is 0.357. The first kappa shape index (κ1) is 10.9. The van der Waals surface area contributed by atoms with Crippen LogP contribution in [0.4, 0.5) is 0 Å². The Morgan fingerprint density at radius 2 is 2.00 bits per heavy atom. The Morgan fingerprint density at radius 1 is 1.31 bits per heavy atom. The van der Waals surface area contributed by atoms with Crippen molar-refractivity contribution < 1.29 is 9.21 Å². The standard InChI is InChI=1S/C14H16O2/c1-8(2)11-6-5-7-12-9(3)13(10(4)15)16-14(11)12/h5-8H,1-4H3. The summed E-state index contributed by atoms with van der Waals surface area (Å²) < 4.78 is 5.70. The number of Topliss-reactive ketones (excluding diaryl/α,β-unsaturated/α-hetero) is 1. The Bertz CT molecular complexity index is 547. The minimum Gasteiger partial charge on any atom is -0.452 e. The van der Waals surface area contributed by atoms with Crippen LogP contribution in [0.3, 0.4) is 0 Å². The van der Waals surface area contributed by atoms with Gasteiger partial charge < -0.3 is 4.42 Å². The number of furan rings is 1. The van der Waals surface area contributed by atoms with Crippen LogP contribution in [0.15, 0.2) is 22.6 Å². The monoisotopic (exact) mass is 216 g/mol. The molecule has 2 aromatic rings. The Labute approximate surface area is 95.3 Å². The fourth-order valence-corrected chi connectivity index (χ4v) is 2.06. The molecule has 1 aromatic heterocycles. The molecule has 0 aliphatic carbocycles. The van der Waals surface area contributed by atoms with E-state index in [1.54, 1.807) is 6.92 Å². The van der Waals surface area contributed by atoms with Gasteiger partial charge in [-0.15, -0.1) is 0 Å². The summed E-state index contributed by atoms with van der Waals surface area (Å²) in [5.74, 6) is 0.876. The molecule has 2 nitrogen and oxygen atoms in total. The molecule has 0 spiro atoms. The van der Waals surface area contributed by atoms with E-state index in [1.165, 1.54) is 0 Å². The highest BCUT2D eigenvalue weighted by Crippen LogP contribution is 2.31. The van der Waals surface area contributed by atoms with Crippen LogP contribution in [-0.4, -0.2) is 5.78 Å². The van der Waals surface area contributed by atoms with E-state index in [9.17, 15) is 4.79 Å². The minimum atomic E-state index is -0.0107. The molecule has 16 heavy (non-hydrogen) atoms. The van der Waals surface area contributed by atoms with E-state index in [0.29, 0.717) is 11.7 Å². The number of ketones is 1. The van der Waals surface area contributed by atoms with Crippen molar-refractivity contribution in [3.05, 3.63) is 35.1 Å². The first-order chi connectivity index (χ1) is 7.52. The van der Waals surface area contributed by atoms with Crippen molar-refractivity contribution in [1.29, 1.82) is 0 Å². The van der Waals surface area contributed by atoms with Crippen molar-refractivity contribution >= 4 is 16.8 Å². The highest BCUT2D eigenvalue weighted by atomic mass is 16.3. The molecule has 0 radical (unpaired) electrons. The maximum atomic E-state index is 11.4. The van der Waals surface area contributed by atoms with Crippen LogP contribution in [0.1, 0.15) is 48.4 Å². The van der Waals surface area contributed by atoms with Crippen molar-refractivity contribution in [2.45, 2.75) is 33.6 Å². The maximum absolute atomic E-state index is 11.4. The molecule has 0 aliphatic heterocycles. The van der Waals surface area contributed by atoms with Crippen molar-refractivity contribution in [2.75, 3.05) is 0 Å². The average molecular weight is 216 g/mol. The minimum absolute atomic E-state index is 0.0107. The Hall–Kier alpha value is -1.57. The molecule has 0 fully saturated rings. The number of benzene rings is 1. The quantitative estimate of drug-likeness (QED) is 0.708. The Kier molecular flexibility index (Phi) is 2.58. The molecule has 0 saturated carbocycles. The topological polar surface area (TPSA) is 30.2 Å². The van der Waals surface area contributed by atoms with E-state index in [0.717, 1.165) is 22.1 Å². The zero-order valence-corrected chi connectivity index (χ0v) is 10.1. The first-order valence-electron chi connectivity index (χ1n) is 5.55. The highest BCUT2D eigenvalue weighted by Gasteiger charge is 2.17. The second-order valence-corrected chi connectivity index (χ2v) is 4.49. The van der Waals surface area contributed by atoms with Crippen molar-refractivity contribution in [1.82, 2.24) is 0 Å². The van der Waals surface area contributed by atoms with E-state index in [-0.39, 0.29) is 5.78 Å². The number of hydrogen-bond donors (Lipinski definition) is 0. The number of carbonyl (C=O) groups is 1. The molecule has 0 unspecified atom stereocenters. The summed E-state index contributed by atoms with van der Waals surface area (Å²) in [5.41, 5.74) is 2.97. The van der Waals surface area contributed by atoms with Crippen LogP contribution in [0.5, 0.6) is 0 Å². The normalized spacial score (nSPS) is 11.3. The molecule has 2 rings (SSSR count). The third-order valence-corrected chi connectivity index (χ3v) is 2.94. The van der Waals surface area contributed by atoms with Crippen LogP contribution in [0.2, 0.25) is 0 Å². The SMILES string of the molecule is CC(=O)c1oc2c(C(C)C)cccc2c1C. The molecule has 0 amide bonds. The number of hydrogen-bond acceptors (Lipinski definition) is 2. The maximum Gasteiger partial charge on any atom is 0.195 e. The van der Waals surface area contributed by atoms with Crippen LogP contribution in [0, 0.1) is 6.92 Å². The average Bonchev–Trinajstić information content (AvgIpc) is 2.56. The van der Waals surface area contributed by atoms with Gasteiger partial charge in [0.15, 0.2) is 11.5 Å². The molecule has 1 aromatic carbocycles. The molecule has 0 aliphatic rings. The number of fused-ring (bicyclic) bond motifs is 1. The van der Waals surface area contributed by atoms with Gasteiger partial charge in [0.25, 0.3) is 0 Å². The summed E-state index contributed by atoms with van der Waals surface area (Å²) in [6.45, 7) is 7.73. The van der Waals surface area contributed by atoms with Crippen molar-refractivity contribution in [2.24, 2.45) is 0 Å². The van der Waals surface area contributed by atoms with Crippen LogP contribution in [0.25, 0.3) is 11.0 Å². The molecule has 0 N–H and O–H groups in total. The molecule has 2 heteroatoms. The van der Waals surface area contributed by atoms with Gasteiger partial charge in [-0.25, -0.2) is 0 Å². The van der Waals surface area contributed by atoms with E-state index in [1.807, 2.05) is 19.1 Å². The van der Waals surface area contributed by atoms with Gasteiger partial charge >= 0.3 is 0 Å². The molecule has 0 saturated heterocycles. The van der Waals surface area contributed by atoms with Gasteiger partial charge in [0.05, 0.1) is 0 Å². The lowest BCUT2D eigenvalue weighted by Gasteiger charge is -2.04. The largest absolute Gasteiger partial charge is 0.452 e. The van der Waals surface area contributed by atoms with Crippen molar-refractivity contribution in [3.8, 4) is 0 Å². The number of carbonyl (C=O) groups excluding carboxylic acids is 1. The van der Waals surface area contributed by atoms with E-state index >= 15 is 0 Å². The Balaban J connectivity index is 2.80. The zero-order valence-electron chi connectivity index (χ0n) is 10.1.